The van der Waals surface area contributed by atoms with Crippen LogP contribution in [0.4, 0.5) is 13.2 Å². The summed E-state index contributed by atoms with van der Waals surface area (Å²) in [6, 6.07) is 12.3. The lowest BCUT2D eigenvalue weighted by molar-refractivity contribution is -0.137. The summed E-state index contributed by atoms with van der Waals surface area (Å²) in [4.78, 5) is 0. The Morgan fingerprint density at radius 3 is 2.11 bits per heavy atom. The van der Waals surface area contributed by atoms with Crippen molar-refractivity contribution in [2.75, 3.05) is 0 Å². The fourth-order valence-electron chi connectivity index (χ4n) is 2.31. The Kier molecular flexibility index (Phi) is 6.48. The van der Waals surface area contributed by atoms with Gasteiger partial charge >= 0.3 is 13.3 Å². The Labute approximate surface area is 163 Å². The molecule has 2 N–H and O–H groups in total. The van der Waals surface area contributed by atoms with Crippen LogP contribution in [0.5, 0.6) is 5.75 Å². The van der Waals surface area contributed by atoms with Crippen LogP contribution in [0.3, 0.4) is 0 Å². The van der Waals surface area contributed by atoms with E-state index >= 15 is 0 Å². The number of hydrogen-bond acceptors (Lipinski definition) is 4. The number of alkyl halides is 3. The van der Waals surface area contributed by atoms with Crippen molar-refractivity contribution in [2.45, 2.75) is 51.7 Å². The Morgan fingerprint density at radius 2 is 1.57 bits per heavy atom. The molecule has 2 aromatic carbocycles. The quantitative estimate of drug-likeness (QED) is 0.704. The van der Waals surface area contributed by atoms with Crippen molar-refractivity contribution in [3.63, 3.8) is 0 Å². The molecule has 152 valence electrons. The van der Waals surface area contributed by atoms with Crippen LogP contribution in [0.15, 0.2) is 48.5 Å². The van der Waals surface area contributed by atoms with E-state index in [4.69, 9.17) is 9.39 Å². The van der Waals surface area contributed by atoms with Crippen molar-refractivity contribution >= 4 is 12.6 Å². The summed E-state index contributed by atoms with van der Waals surface area (Å²) < 4.78 is 51.5. The molecule has 0 bridgehead atoms. The van der Waals surface area contributed by atoms with Gasteiger partial charge in [0.25, 0.3) is 0 Å². The zero-order valence-corrected chi connectivity index (χ0v) is 16.2. The van der Waals surface area contributed by atoms with Crippen LogP contribution >= 0.6 is 0 Å². The summed E-state index contributed by atoms with van der Waals surface area (Å²) >= 11 is 0. The van der Waals surface area contributed by atoms with Crippen molar-refractivity contribution < 1.29 is 32.7 Å². The van der Waals surface area contributed by atoms with Gasteiger partial charge in [0, 0.05) is 0 Å². The van der Waals surface area contributed by atoms with Gasteiger partial charge in [0.1, 0.15) is 12.4 Å². The third-order valence-corrected chi connectivity index (χ3v) is 4.72. The van der Waals surface area contributed by atoms with Crippen molar-refractivity contribution in [3.8, 4) is 5.75 Å². The summed E-state index contributed by atoms with van der Waals surface area (Å²) in [5, 5.41) is 20.4. The molecule has 8 heteroatoms. The highest BCUT2D eigenvalue weighted by atomic mass is 19.4. The first kappa shape index (κ1) is 22.3. The molecule has 2 rings (SSSR count). The summed E-state index contributed by atoms with van der Waals surface area (Å²) in [7, 11) is -1.87. The van der Waals surface area contributed by atoms with Crippen LogP contribution in [-0.4, -0.2) is 28.5 Å². The standard InChI is InChI=1S/C20H24BF3O4/c1-18(2,25)19(3,4)28-21(26)17-11-10-15(12-16(17)20(22,23)24)27-13-14-8-6-5-7-9-14/h5-12,25-26H,13H2,1-4H3. The van der Waals surface area contributed by atoms with Crippen molar-refractivity contribution in [3.05, 3.63) is 59.7 Å². The third-order valence-electron chi connectivity index (χ3n) is 4.72. The van der Waals surface area contributed by atoms with Gasteiger partial charge in [-0.1, -0.05) is 36.4 Å². The van der Waals surface area contributed by atoms with Crippen LogP contribution in [-0.2, 0) is 17.4 Å². The highest BCUT2D eigenvalue weighted by Gasteiger charge is 2.43. The number of benzene rings is 2. The largest absolute Gasteiger partial charge is 0.492 e. The molecule has 0 aromatic heterocycles. The fourth-order valence-corrected chi connectivity index (χ4v) is 2.31. The average Bonchev–Trinajstić information content (AvgIpc) is 2.58. The van der Waals surface area contributed by atoms with E-state index in [0.29, 0.717) is 0 Å². The lowest BCUT2D eigenvalue weighted by atomic mass is 9.74. The predicted molar refractivity (Wildman–Crippen MR) is 101 cm³/mol. The first-order chi connectivity index (χ1) is 12.8. The molecule has 0 amide bonds. The number of rotatable bonds is 7. The molecule has 0 radical (unpaired) electrons. The van der Waals surface area contributed by atoms with E-state index in [-0.39, 0.29) is 12.4 Å². The summed E-state index contributed by atoms with van der Waals surface area (Å²) in [6.07, 6.45) is -4.72. The van der Waals surface area contributed by atoms with Gasteiger partial charge in [-0.15, -0.1) is 0 Å². The van der Waals surface area contributed by atoms with Crippen LogP contribution in [0.25, 0.3) is 0 Å². The maximum atomic E-state index is 13.5. The molecule has 4 nitrogen and oxygen atoms in total. The minimum Gasteiger partial charge on any atom is -0.489 e. The molecule has 0 aliphatic carbocycles. The molecule has 0 fully saturated rings. The molecule has 0 saturated heterocycles. The minimum atomic E-state index is -4.72. The molecular formula is C20H24BF3O4. The summed E-state index contributed by atoms with van der Waals surface area (Å²) in [5.74, 6) is 0.0221. The number of halogens is 3. The second-order valence-electron chi connectivity index (χ2n) is 7.56. The van der Waals surface area contributed by atoms with Crippen molar-refractivity contribution in [2.24, 2.45) is 0 Å². The molecule has 2 aromatic rings. The summed E-state index contributed by atoms with van der Waals surface area (Å²) in [5.41, 5.74) is -3.37. The molecule has 0 aliphatic heterocycles. The van der Waals surface area contributed by atoms with E-state index in [1.54, 1.807) is 24.3 Å². The molecule has 0 unspecified atom stereocenters. The second-order valence-corrected chi connectivity index (χ2v) is 7.56. The molecule has 0 atom stereocenters. The van der Waals surface area contributed by atoms with Gasteiger partial charge < -0.3 is 19.5 Å². The first-order valence-electron chi connectivity index (χ1n) is 8.77. The monoisotopic (exact) mass is 396 g/mol. The molecular weight excluding hydrogens is 372 g/mol. The van der Waals surface area contributed by atoms with Gasteiger partial charge in [0.2, 0.25) is 0 Å². The number of aliphatic hydroxyl groups is 1. The second kappa shape index (κ2) is 8.15. The maximum Gasteiger partial charge on any atom is 0.492 e. The fraction of sp³-hybridized carbons (Fsp3) is 0.400. The third kappa shape index (κ3) is 5.50. The molecule has 28 heavy (non-hydrogen) atoms. The van der Waals surface area contributed by atoms with E-state index in [2.05, 4.69) is 0 Å². The van der Waals surface area contributed by atoms with Crippen LogP contribution in [0.2, 0.25) is 0 Å². The van der Waals surface area contributed by atoms with E-state index in [1.165, 1.54) is 33.8 Å². The van der Waals surface area contributed by atoms with E-state index in [0.717, 1.165) is 17.7 Å². The topological polar surface area (TPSA) is 58.9 Å². The zero-order chi connectivity index (χ0) is 21.2. The lowest BCUT2D eigenvalue weighted by Gasteiger charge is -2.38. The Morgan fingerprint density at radius 1 is 0.964 bits per heavy atom. The number of ether oxygens (including phenoxy) is 1. The maximum absolute atomic E-state index is 13.5. The average molecular weight is 396 g/mol. The van der Waals surface area contributed by atoms with Gasteiger partial charge in [-0.2, -0.15) is 13.2 Å². The van der Waals surface area contributed by atoms with Gasteiger partial charge in [0.15, 0.2) is 0 Å². The van der Waals surface area contributed by atoms with Gasteiger partial charge in [0.05, 0.1) is 16.8 Å². The van der Waals surface area contributed by atoms with Crippen LogP contribution in [0, 0.1) is 0 Å². The van der Waals surface area contributed by atoms with E-state index < -0.39 is 35.5 Å². The minimum absolute atomic E-state index is 0.0221. The smallest absolute Gasteiger partial charge is 0.489 e. The van der Waals surface area contributed by atoms with Gasteiger partial charge in [-0.25, -0.2) is 0 Å². The first-order valence-corrected chi connectivity index (χ1v) is 8.77. The van der Waals surface area contributed by atoms with Gasteiger partial charge in [-0.3, -0.25) is 0 Å². The Hall–Kier alpha value is -2.03. The molecule has 0 spiro atoms. The molecule has 0 aliphatic rings. The van der Waals surface area contributed by atoms with Crippen molar-refractivity contribution in [1.29, 1.82) is 0 Å². The summed E-state index contributed by atoms with van der Waals surface area (Å²) in [6.45, 7) is 5.99. The number of hydrogen-bond donors (Lipinski definition) is 2. The lowest BCUT2D eigenvalue weighted by Crippen LogP contribution is -2.53. The highest BCUT2D eigenvalue weighted by Crippen LogP contribution is 2.32. The SMILES string of the molecule is CC(C)(O)C(C)(C)OB(O)c1ccc(OCc2ccccc2)cc1C(F)(F)F. The molecule has 0 saturated carbocycles. The predicted octanol–water partition coefficient (Wildman–Crippen LogP) is 3.54. The van der Waals surface area contributed by atoms with Crippen molar-refractivity contribution in [1.82, 2.24) is 0 Å². The highest BCUT2D eigenvalue weighted by molar-refractivity contribution is 6.60. The zero-order valence-electron chi connectivity index (χ0n) is 16.2. The normalized spacial score (nSPS) is 12.8. The van der Waals surface area contributed by atoms with E-state index in [1.807, 2.05) is 6.07 Å². The molecule has 0 heterocycles. The van der Waals surface area contributed by atoms with Gasteiger partial charge in [-0.05, 0) is 50.9 Å². The van der Waals surface area contributed by atoms with E-state index in [9.17, 15) is 23.3 Å². The Balaban J connectivity index is 2.27. The van der Waals surface area contributed by atoms with Crippen LogP contribution < -0.4 is 10.2 Å². The van der Waals surface area contributed by atoms with Crippen LogP contribution in [0.1, 0.15) is 38.8 Å². The Bertz CT molecular complexity index is 786.